The molecule has 3 saturated carbocycles. The fourth-order valence-electron chi connectivity index (χ4n) is 6.67. The Morgan fingerprint density at radius 1 is 0.913 bits per heavy atom. The molecular weight excluding hydrogens is 284 g/mol. The largest absolute Gasteiger partial charge is 0.323 e. The van der Waals surface area contributed by atoms with Crippen LogP contribution in [0.1, 0.15) is 65.2 Å². The normalized spacial score (nSPS) is 49.5. The molecule has 3 fully saturated rings. The lowest BCUT2D eigenvalue weighted by Crippen LogP contribution is -2.50. The first-order valence-electron chi connectivity index (χ1n) is 9.28. The van der Waals surface area contributed by atoms with Crippen molar-refractivity contribution in [3.63, 3.8) is 0 Å². The monoisotopic (exact) mass is 314 g/mol. The number of hydrazone groups is 2. The van der Waals surface area contributed by atoms with Crippen LogP contribution in [0.4, 0.5) is 0 Å². The highest BCUT2D eigenvalue weighted by Crippen LogP contribution is 2.64. The van der Waals surface area contributed by atoms with Crippen molar-refractivity contribution in [3.8, 4) is 0 Å². The summed E-state index contributed by atoms with van der Waals surface area (Å²) in [6.07, 6.45) is 12.1. The molecule has 0 amide bonds. The van der Waals surface area contributed by atoms with Crippen LogP contribution in [0, 0.1) is 28.6 Å². The second-order valence-corrected chi connectivity index (χ2v) is 8.69. The van der Waals surface area contributed by atoms with E-state index in [-0.39, 0.29) is 5.41 Å². The third kappa shape index (κ3) is 1.96. The number of hydrogen-bond acceptors (Lipinski definition) is 4. The highest BCUT2D eigenvalue weighted by molar-refractivity contribution is 5.96. The van der Waals surface area contributed by atoms with E-state index in [0.717, 1.165) is 36.3 Å². The summed E-state index contributed by atoms with van der Waals surface area (Å²) in [7, 11) is 0. The lowest BCUT2D eigenvalue weighted by atomic mass is 9.47. The zero-order chi connectivity index (χ0) is 16.2. The van der Waals surface area contributed by atoms with E-state index in [1.807, 2.05) is 0 Å². The molecule has 0 aliphatic heterocycles. The molecule has 5 atom stereocenters. The van der Waals surface area contributed by atoms with Gasteiger partial charge in [0, 0.05) is 11.1 Å². The average Bonchev–Trinajstić information content (AvgIpc) is 2.90. The van der Waals surface area contributed by atoms with E-state index in [1.165, 1.54) is 44.2 Å². The second-order valence-electron chi connectivity index (χ2n) is 8.69. The molecule has 4 rings (SSSR count). The van der Waals surface area contributed by atoms with E-state index in [0.29, 0.717) is 5.41 Å². The van der Waals surface area contributed by atoms with Gasteiger partial charge < -0.3 is 11.7 Å². The van der Waals surface area contributed by atoms with E-state index in [9.17, 15) is 0 Å². The quantitative estimate of drug-likeness (QED) is 0.529. The Hall–Kier alpha value is -1.32. The highest BCUT2D eigenvalue weighted by atomic mass is 15.1. The molecule has 0 aromatic carbocycles. The average molecular weight is 314 g/mol. The first kappa shape index (κ1) is 15.2. The fraction of sp³-hybridized carbons (Fsp3) is 0.789. The van der Waals surface area contributed by atoms with Crippen LogP contribution in [-0.2, 0) is 0 Å². The van der Waals surface area contributed by atoms with E-state index in [2.05, 4.69) is 30.1 Å². The van der Waals surface area contributed by atoms with Gasteiger partial charge in [-0.3, -0.25) is 0 Å². The van der Waals surface area contributed by atoms with Gasteiger partial charge in [0.1, 0.15) is 0 Å². The Bertz CT molecular complexity index is 604. The molecule has 0 heterocycles. The van der Waals surface area contributed by atoms with Gasteiger partial charge in [-0.05, 0) is 80.6 Å². The van der Waals surface area contributed by atoms with E-state index in [1.54, 1.807) is 5.57 Å². The van der Waals surface area contributed by atoms with Crippen LogP contribution in [0.25, 0.3) is 0 Å². The third-order valence-electron chi connectivity index (χ3n) is 8.04. The Kier molecular flexibility index (Phi) is 3.37. The summed E-state index contributed by atoms with van der Waals surface area (Å²) < 4.78 is 0. The Morgan fingerprint density at radius 3 is 2.43 bits per heavy atom. The number of fused-ring (bicyclic) bond motifs is 5. The number of rotatable bonds is 0. The van der Waals surface area contributed by atoms with Crippen molar-refractivity contribution < 1.29 is 0 Å². The van der Waals surface area contributed by atoms with Crippen LogP contribution in [0.5, 0.6) is 0 Å². The van der Waals surface area contributed by atoms with Gasteiger partial charge in [-0.15, -0.1) is 0 Å². The van der Waals surface area contributed by atoms with Gasteiger partial charge in [-0.25, -0.2) is 0 Å². The van der Waals surface area contributed by atoms with Gasteiger partial charge in [0.25, 0.3) is 0 Å². The van der Waals surface area contributed by atoms with Gasteiger partial charge in [0.15, 0.2) is 0 Å². The molecule has 0 spiro atoms. The van der Waals surface area contributed by atoms with Gasteiger partial charge >= 0.3 is 0 Å². The molecule has 126 valence electrons. The Labute approximate surface area is 139 Å². The van der Waals surface area contributed by atoms with E-state index >= 15 is 0 Å². The molecule has 0 saturated heterocycles. The molecular formula is C19H30N4. The number of allylic oxidation sites excluding steroid dienone is 2. The topological polar surface area (TPSA) is 76.8 Å². The van der Waals surface area contributed by atoms with Gasteiger partial charge in [0.05, 0.1) is 5.71 Å². The molecule has 23 heavy (non-hydrogen) atoms. The van der Waals surface area contributed by atoms with Crippen molar-refractivity contribution in [1.29, 1.82) is 0 Å². The molecule has 0 bridgehead atoms. The molecule has 4 N–H and O–H groups in total. The van der Waals surface area contributed by atoms with Crippen LogP contribution in [-0.4, -0.2) is 11.4 Å². The van der Waals surface area contributed by atoms with Crippen LogP contribution in [0.2, 0.25) is 0 Å². The van der Waals surface area contributed by atoms with Gasteiger partial charge in [0.2, 0.25) is 0 Å². The summed E-state index contributed by atoms with van der Waals surface area (Å²) in [6, 6.07) is 0. The maximum atomic E-state index is 5.71. The summed E-state index contributed by atoms with van der Waals surface area (Å²) in [6.45, 7) is 4.94. The number of hydrogen-bond donors (Lipinski definition) is 2. The minimum atomic E-state index is 0.270. The van der Waals surface area contributed by atoms with E-state index in [4.69, 9.17) is 11.7 Å². The maximum absolute atomic E-state index is 5.71. The third-order valence-corrected chi connectivity index (χ3v) is 8.04. The zero-order valence-corrected chi connectivity index (χ0v) is 14.5. The summed E-state index contributed by atoms with van der Waals surface area (Å²) >= 11 is 0. The Balaban J connectivity index is 1.68. The Morgan fingerprint density at radius 2 is 1.70 bits per heavy atom. The van der Waals surface area contributed by atoms with Crippen molar-refractivity contribution in [2.45, 2.75) is 65.2 Å². The first-order valence-corrected chi connectivity index (χ1v) is 9.28. The lowest BCUT2D eigenvalue weighted by molar-refractivity contribution is -0.0154. The zero-order valence-electron chi connectivity index (χ0n) is 14.5. The fourth-order valence-corrected chi connectivity index (χ4v) is 6.67. The van der Waals surface area contributed by atoms with Crippen molar-refractivity contribution in [2.24, 2.45) is 50.5 Å². The SMILES string of the molecule is CC12CCC(=NN)C=C1CCC1C2CCC2(C)C(=NN)CCC12. The first-order chi connectivity index (χ1) is 11.0. The smallest absolute Gasteiger partial charge is 0.0600 e. The van der Waals surface area contributed by atoms with Crippen LogP contribution in [0.3, 0.4) is 0 Å². The van der Waals surface area contributed by atoms with E-state index < -0.39 is 0 Å². The molecule has 0 radical (unpaired) electrons. The van der Waals surface area contributed by atoms with Crippen molar-refractivity contribution in [3.05, 3.63) is 11.6 Å². The predicted molar refractivity (Wildman–Crippen MR) is 94.9 cm³/mol. The van der Waals surface area contributed by atoms with Gasteiger partial charge in [-0.2, -0.15) is 10.2 Å². The van der Waals surface area contributed by atoms with Crippen LogP contribution < -0.4 is 11.7 Å². The van der Waals surface area contributed by atoms with Crippen LogP contribution >= 0.6 is 0 Å². The van der Waals surface area contributed by atoms with Crippen molar-refractivity contribution in [1.82, 2.24) is 0 Å². The number of nitrogens with two attached hydrogens (primary N) is 2. The molecule has 5 unspecified atom stereocenters. The summed E-state index contributed by atoms with van der Waals surface area (Å²) in [5, 5.41) is 8.15. The van der Waals surface area contributed by atoms with Gasteiger partial charge in [-0.1, -0.05) is 19.4 Å². The highest BCUT2D eigenvalue weighted by Gasteiger charge is 2.58. The predicted octanol–water partition coefficient (Wildman–Crippen LogP) is 3.58. The minimum Gasteiger partial charge on any atom is -0.323 e. The summed E-state index contributed by atoms with van der Waals surface area (Å²) in [5.41, 5.74) is 4.62. The molecule has 4 heteroatoms. The van der Waals surface area contributed by atoms with Crippen LogP contribution in [0.15, 0.2) is 21.9 Å². The maximum Gasteiger partial charge on any atom is 0.0600 e. The molecule has 0 aromatic rings. The molecule has 4 nitrogen and oxygen atoms in total. The van der Waals surface area contributed by atoms with Crippen molar-refractivity contribution in [2.75, 3.05) is 0 Å². The summed E-state index contributed by atoms with van der Waals surface area (Å²) in [5.74, 6) is 13.7. The summed E-state index contributed by atoms with van der Waals surface area (Å²) in [4.78, 5) is 0. The molecule has 4 aliphatic rings. The second kappa shape index (κ2) is 5.09. The number of nitrogens with zero attached hydrogens (tertiary/aromatic N) is 2. The van der Waals surface area contributed by atoms with Crippen molar-refractivity contribution >= 4 is 11.4 Å². The lowest BCUT2D eigenvalue weighted by Gasteiger charge is -2.57. The molecule has 0 aromatic heterocycles. The standard InChI is InChI=1S/C19H30N4/c1-18-9-7-13(22-20)11-12(18)3-4-14-15-5-6-17(23-21)19(15,2)10-8-16(14)18/h11,14-16H,3-10,20-21H2,1-2H3. The minimum absolute atomic E-state index is 0.270. The molecule has 4 aliphatic carbocycles.